The first-order chi connectivity index (χ1) is 14.5. The van der Waals surface area contributed by atoms with E-state index >= 15 is 0 Å². The number of carbonyl (C=O) groups is 1. The fourth-order valence-corrected chi connectivity index (χ4v) is 3.46. The van der Waals surface area contributed by atoms with Crippen molar-refractivity contribution in [2.24, 2.45) is 0 Å². The first-order valence-corrected chi connectivity index (χ1v) is 10.6. The fraction of sp³-hybridized carbons (Fsp3) is 0.375. The monoisotopic (exact) mass is 428 g/mol. The Balaban J connectivity index is 1.60. The summed E-state index contributed by atoms with van der Waals surface area (Å²) in [6.07, 6.45) is 4.25. The molecule has 1 heterocycles. The molecule has 1 saturated heterocycles. The molecule has 30 heavy (non-hydrogen) atoms. The highest BCUT2D eigenvalue weighted by molar-refractivity contribution is 6.30. The molecule has 0 N–H and O–H groups in total. The van der Waals surface area contributed by atoms with Gasteiger partial charge >= 0.3 is 0 Å². The van der Waals surface area contributed by atoms with Crippen molar-refractivity contribution in [2.45, 2.75) is 6.42 Å². The highest BCUT2D eigenvalue weighted by Crippen LogP contribution is 2.26. The Morgan fingerprint density at radius 1 is 1.10 bits per heavy atom. The lowest BCUT2D eigenvalue weighted by Crippen LogP contribution is -2.44. The Labute approximate surface area is 183 Å². The summed E-state index contributed by atoms with van der Waals surface area (Å²) in [6.45, 7) is 5.95. The molecule has 1 aliphatic rings. The van der Waals surface area contributed by atoms with E-state index in [0.29, 0.717) is 28.7 Å². The van der Waals surface area contributed by atoms with Gasteiger partial charge in [0.25, 0.3) is 0 Å². The maximum Gasteiger partial charge on any atom is 0.189 e. The van der Waals surface area contributed by atoms with E-state index in [1.54, 1.807) is 49.6 Å². The number of nitrogens with zero attached hydrogens (tertiary/aromatic N) is 2. The lowest BCUT2D eigenvalue weighted by Gasteiger charge is -2.32. The maximum absolute atomic E-state index is 12.8. The van der Waals surface area contributed by atoms with Gasteiger partial charge in [-0.2, -0.15) is 0 Å². The summed E-state index contributed by atoms with van der Waals surface area (Å²) >= 11 is 5.91. The van der Waals surface area contributed by atoms with Crippen molar-refractivity contribution >= 4 is 23.5 Å². The van der Waals surface area contributed by atoms with Crippen molar-refractivity contribution in [2.75, 3.05) is 53.5 Å². The zero-order chi connectivity index (χ0) is 21.3. The molecule has 0 unspecified atom stereocenters. The Hall–Kier alpha value is -2.34. The number of benzene rings is 2. The molecule has 0 spiro atoms. The van der Waals surface area contributed by atoms with Gasteiger partial charge in [-0.15, -0.1) is 0 Å². The fourth-order valence-electron chi connectivity index (χ4n) is 3.33. The number of piperazine rings is 1. The van der Waals surface area contributed by atoms with E-state index in [-0.39, 0.29) is 5.78 Å². The minimum absolute atomic E-state index is 0.110. The second kappa shape index (κ2) is 11.2. The van der Waals surface area contributed by atoms with Crippen LogP contribution in [0.15, 0.2) is 48.5 Å². The molecule has 1 aliphatic heterocycles. The van der Waals surface area contributed by atoms with Crippen molar-refractivity contribution in [3.63, 3.8) is 0 Å². The number of methoxy groups -OCH3 is 1. The molecule has 0 bridgehead atoms. The van der Waals surface area contributed by atoms with Gasteiger partial charge in [-0.1, -0.05) is 29.8 Å². The molecule has 5 nitrogen and oxygen atoms in total. The highest BCUT2D eigenvalue weighted by Gasteiger charge is 2.14. The first-order valence-electron chi connectivity index (χ1n) is 10.2. The van der Waals surface area contributed by atoms with Crippen LogP contribution in [0.25, 0.3) is 6.08 Å². The number of likely N-dealkylation sites (N-methyl/N-ethyl adjacent to an activating group) is 1. The number of halogens is 1. The number of rotatable bonds is 9. The number of carbonyl (C=O) groups excluding carboxylic acids is 1. The van der Waals surface area contributed by atoms with Crippen LogP contribution in [0, 0.1) is 0 Å². The highest BCUT2D eigenvalue weighted by atomic mass is 35.5. The third-order valence-electron chi connectivity index (χ3n) is 5.22. The van der Waals surface area contributed by atoms with Crippen LogP contribution in [0.4, 0.5) is 0 Å². The largest absolute Gasteiger partial charge is 0.497 e. The van der Waals surface area contributed by atoms with Crippen LogP contribution in [-0.4, -0.2) is 69.1 Å². The SMILES string of the molecule is COc1ccc(C(=O)C=Cc2ccc(Cl)cc2)c(OCCCN2CCN(C)CC2)c1. The smallest absolute Gasteiger partial charge is 0.189 e. The van der Waals surface area contributed by atoms with Crippen LogP contribution in [0.1, 0.15) is 22.3 Å². The van der Waals surface area contributed by atoms with Crippen molar-refractivity contribution in [1.29, 1.82) is 0 Å². The summed E-state index contributed by atoms with van der Waals surface area (Å²) in [5.41, 5.74) is 1.44. The minimum Gasteiger partial charge on any atom is -0.497 e. The van der Waals surface area contributed by atoms with Gasteiger partial charge in [0.2, 0.25) is 0 Å². The molecule has 0 saturated carbocycles. The van der Waals surface area contributed by atoms with Gasteiger partial charge in [0, 0.05) is 43.8 Å². The number of allylic oxidation sites excluding steroid dienone is 1. The predicted octanol–water partition coefficient (Wildman–Crippen LogP) is 4.26. The third kappa shape index (κ3) is 6.59. The van der Waals surface area contributed by atoms with E-state index in [0.717, 1.165) is 44.7 Å². The van der Waals surface area contributed by atoms with E-state index in [9.17, 15) is 4.79 Å². The van der Waals surface area contributed by atoms with E-state index in [1.807, 2.05) is 12.1 Å². The van der Waals surface area contributed by atoms with Gasteiger partial charge in [-0.3, -0.25) is 4.79 Å². The average molecular weight is 429 g/mol. The molecule has 6 heteroatoms. The number of hydrogen-bond donors (Lipinski definition) is 0. The summed E-state index contributed by atoms with van der Waals surface area (Å²) in [5, 5.41) is 0.667. The van der Waals surface area contributed by atoms with E-state index in [1.165, 1.54) is 0 Å². The summed E-state index contributed by atoms with van der Waals surface area (Å²) < 4.78 is 11.3. The van der Waals surface area contributed by atoms with Crippen molar-refractivity contribution in [1.82, 2.24) is 9.80 Å². The summed E-state index contributed by atoms with van der Waals surface area (Å²) in [5.74, 6) is 1.11. The molecule has 2 aromatic carbocycles. The lowest BCUT2D eigenvalue weighted by molar-refractivity contribution is 0.104. The molecular weight excluding hydrogens is 400 g/mol. The molecular formula is C24H29ClN2O3. The number of hydrogen-bond acceptors (Lipinski definition) is 5. The Morgan fingerprint density at radius 2 is 1.83 bits per heavy atom. The summed E-state index contributed by atoms with van der Waals surface area (Å²) in [7, 11) is 3.76. The van der Waals surface area contributed by atoms with E-state index in [4.69, 9.17) is 21.1 Å². The third-order valence-corrected chi connectivity index (χ3v) is 5.48. The minimum atomic E-state index is -0.110. The lowest BCUT2D eigenvalue weighted by atomic mass is 10.1. The number of ketones is 1. The standard InChI is InChI=1S/C24H29ClN2O3/c1-26-13-15-27(16-14-26)12-3-17-30-24-18-21(29-2)9-10-22(24)23(28)11-6-19-4-7-20(25)8-5-19/h4-11,18H,3,12-17H2,1-2H3. The first kappa shape index (κ1) is 22.3. The normalized spacial score (nSPS) is 15.4. The van der Waals surface area contributed by atoms with Crippen LogP contribution >= 0.6 is 11.6 Å². The topological polar surface area (TPSA) is 42.0 Å². The molecule has 0 aliphatic carbocycles. The molecule has 3 rings (SSSR count). The van der Waals surface area contributed by atoms with Gasteiger partial charge in [-0.05, 0) is 49.4 Å². The average Bonchev–Trinajstić information content (AvgIpc) is 2.77. The molecule has 0 atom stereocenters. The maximum atomic E-state index is 12.8. The summed E-state index contributed by atoms with van der Waals surface area (Å²) in [6, 6.07) is 12.6. The van der Waals surface area contributed by atoms with Crippen LogP contribution in [0.3, 0.4) is 0 Å². The van der Waals surface area contributed by atoms with Crippen molar-refractivity contribution in [3.8, 4) is 11.5 Å². The second-order valence-electron chi connectivity index (χ2n) is 7.46. The van der Waals surface area contributed by atoms with Crippen LogP contribution in [-0.2, 0) is 0 Å². The zero-order valence-corrected chi connectivity index (χ0v) is 18.4. The predicted molar refractivity (Wildman–Crippen MR) is 122 cm³/mol. The molecule has 0 radical (unpaired) electrons. The van der Waals surface area contributed by atoms with Crippen molar-refractivity contribution in [3.05, 3.63) is 64.7 Å². The van der Waals surface area contributed by atoms with Crippen molar-refractivity contribution < 1.29 is 14.3 Å². The molecule has 2 aromatic rings. The second-order valence-corrected chi connectivity index (χ2v) is 7.89. The Kier molecular flexibility index (Phi) is 8.31. The number of ether oxygens (including phenoxy) is 2. The van der Waals surface area contributed by atoms with Crippen LogP contribution in [0.5, 0.6) is 11.5 Å². The quantitative estimate of drug-likeness (QED) is 0.339. The Bertz CT molecular complexity index is 859. The van der Waals surface area contributed by atoms with Gasteiger partial charge in [0.1, 0.15) is 11.5 Å². The van der Waals surface area contributed by atoms with E-state index < -0.39 is 0 Å². The Morgan fingerprint density at radius 3 is 2.53 bits per heavy atom. The molecule has 0 aromatic heterocycles. The summed E-state index contributed by atoms with van der Waals surface area (Å²) in [4.78, 5) is 17.6. The van der Waals surface area contributed by atoms with Crippen LogP contribution in [0.2, 0.25) is 5.02 Å². The van der Waals surface area contributed by atoms with Gasteiger partial charge in [0.15, 0.2) is 5.78 Å². The molecule has 0 amide bonds. The van der Waals surface area contributed by atoms with Gasteiger partial charge in [-0.25, -0.2) is 0 Å². The van der Waals surface area contributed by atoms with E-state index in [2.05, 4.69) is 16.8 Å². The van der Waals surface area contributed by atoms with Gasteiger partial charge < -0.3 is 19.3 Å². The van der Waals surface area contributed by atoms with Gasteiger partial charge in [0.05, 0.1) is 19.3 Å². The molecule has 1 fully saturated rings. The van der Waals surface area contributed by atoms with Crippen LogP contribution < -0.4 is 9.47 Å². The zero-order valence-electron chi connectivity index (χ0n) is 17.6. The molecule has 160 valence electrons.